The van der Waals surface area contributed by atoms with Gasteiger partial charge in [-0.3, -0.25) is 0 Å². The molecule has 0 heterocycles. The average molecular weight is 269 g/mol. The second-order valence-electron chi connectivity index (χ2n) is 5.22. The summed E-state index contributed by atoms with van der Waals surface area (Å²) in [5, 5.41) is 9.66. The molecule has 0 aromatic heterocycles. The van der Waals surface area contributed by atoms with E-state index >= 15 is 0 Å². The third kappa shape index (κ3) is 4.71. The lowest BCUT2D eigenvalue weighted by molar-refractivity contribution is 0.200. The maximum absolute atomic E-state index is 9.66. The molecule has 2 aromatic rings. The van der Waals surface area contributed by atoms with Crippen molar-refractivity contribution >= 4 is 5.69 Å². The van der Waals surface area contributed by atoms with Gasteiger partial charge in [0.25, 0.3) is 0 Å². The third-order valence-corrected chi connectivity index (χ3v) is 3.34. The molecule has 2 nitrogen and oxygen atoms in total. The monoisotopic (exact) mass is 269 g/mol. The van der Waals surface area contributed by atoms with Crippen LogP contribution in [0.4, 0.5) is 5.69 Å². The van der Waals surface area contributed by atoms with Crippen LogP contribution < -0.4 is 4.90 Å². The zero-order valence-corrected chi connectivity index (χ0v) is 12.1. The lowest BCUT2D eigenvalue weighted by atomic mass is 10.1. The average Bonchev–Trinajstić information content (AvgIpc) is 2.48. The smallest absolute Gasteiger partial charge is 0.0687 e. The van der Waals surface area contributed by atoms with Crippen molar-refractivity contribution in [2.75, 3.05) is 18.0 Å². The summed E-state index contributed by atoms with van der Waals surface area (Å²) in [6.07, 6.45) is 1.85. The fourth-order valence-corrected chi connectivity index (χ4v) is 2.40. The van der Waals surface area contributed by atoms with Gasteiger partial charge in [0, 0.05) is 18.8 Å². The summed E-state index contributed by atoms with van der Waals surface area (Å²) in [7, 11) is 0. The van der Waals surface area contributed by atoms with E-state index in [0.29, 0.717) is 6.54 Å². The molecular formula is C18H23NO. The van der Waals surface area contributed by atoms with Crippen molar-refractivity contribution in [1.29, 1.82) is 0 Å². The highest BCUT2D eigenvalue weighted by Crippen LogP contribution is 2.15. The fraction of sp³-hybridized carbons (Fsp3) is 0.333. The van der Waals surface area contributed by atoms with Gasteiger partial charge in [0.05, 0.1) is 6.10 Å². The Morgan fingerprint density at radius 2 is 1.55 bits per heavy atom. The molecule has 106 valence electrons. The summed E-state index contributed by atoms with van der Waals surface area (Å²) in [6, 6.07) is 20.9. The number of hydrogen-bond acceptors (Lipinski definition) is 2. The molecule has 0 saturated carbocycles. The number of anilines is 1. The van der Waals surface area contributed by atoms with E-state index in [4.69, 9.17) is 0 Å². The van der Waals surface area contributed by atoms with Crippen molar-refractivity contribution in [3.8, 4) is 0 Å². The first-order valence-electron chi connectivity index (χ1n) is 7.27. The molecule has 1 N–H and O–H groups in total. The number of hydrogen-bond donors (Lipinski definition) is 1. The highest BCUT2D eigenvalue weighted by atomic mass is 16.3. The van der Waals surface area contributed by atoms with Gasteiger partial charge in [0.2, 0.25) is 0 Å². The van der Waals surface area contributed by atoms with E-state index in [0.717, 1.165) is 19.4 Å². The van der Waals surface area contributed by atoms with Gasteiger partial charge >= 0.3 is 0 Å². The molecule has 1 atom stereocenters. The molecule has 2 rings (SSSR count). The minimum absolute atomic E-state index is 0.313. The van der Waals surface area contributed by atoms with Gasteiger partial charge in [-0.05, 0) is 37.5 Å². The van der Waals surface area contributed by atoms with Crippen molar-refractivity contribution in [2.24, 2.45) is 0 Å². The van der Waals surface area contributed by atoms with Crippen molar-refractivity contribution in [1.82, 2.24) is 0 Å². The SMILES string of the molecule is CC(O)CN(CCCc1ccccc1)c1ccccc1. The van der Waals surface area contributed by atoms with E-state index in [9.17, 15) is 5.11 Å². The number of para-hydroxylation sites is 1. The van der Waals surface area contributed by atoms with Gasteiger partial charge in [-0.25, -0.2) is 0 Å². The van der Waals surface area contributed by atoms with Crippen LogP contribution in [0.2, 0.25) is 0 Å². The number of aliphatic hydroxyl groups is 1. The standard InChI is InChI=1S/C18H23NO/c1-16(20)15-19(18-12-6-3-7-13-18)14-8-11-17-9-4-2-5-10-17/h2-7,9-10,12-13,16,20H,8,11,14-15H2,1H3. The number of aliphatic hydroxyl groups excluding tert-OH is 1. The van der Waals surface area contributed by atoms with Crippen LogP contribution in [-0.4, -0.2) is 24.3 Å². The molecule has 1 unspecified atom stereocenters. The van der Waals surface area contributed by atoms with Gasteiger partial charge in [0.1, 0.15) is 0 Å². The number of nitrogens with zero attached hydrogens (tertiary/aromatic N) is 1. The largest absolute Gasteiger partial charge is 0.392 e. The number of benzene rings is 2. The maximum atomic E-state index is 9.66. The van der Waals surface area contributed by atoms with E-state index < -0.39 is 0 Å². The first-order chi connectivity index (χ1) is 9.75. The van der Waals surface area contributed by atoms with Crippen LogP contribution in [0, 0.1) is 0 Å². The van der Waals surface area contributed by atoms with Crippen LogP contribution in [0.15, 0.2) is 60.7 Å². The van der Waals surface area contributed by atoms with Crippen molar-refractivity contribution in [3.63, 3.8) is 0 Å². The van der Waals surface area contributed by atoms with Gasteiger partial charge in [0.15, 0.2) is 0 Å². The van der Waals surface area contributed by atoms with E-state index in [1.807, 2.05) is 31.2 Å². The lowest BCUT2D eigenvalue weighted by Gasteiger charge is -2.26. The summed E-state index contributed by atoms with van der Waals surface area (Å²) >= 11 is 0. The number of rotatable bonds is 7. The molecule has 20 heavy (non-hydrogen) atoms. The van der Waals surface area contributed by atoms with E-state index in [1.54, 1.807) is 0 Å². The van der Waals surface area contributed by atoms with Gasteiger partial charge in [-0.1, -0.05) is 48.5 Å². The van der Waals surface area contributed by atoms with Crippen molar-refractivity contribution < 1.29 is 5.11 Å². The lowest BCUT2D eigenvalue weighted by Crippen LogP contribution is -2.32. The molecular weight excluding hydrogens is 246 g/mol. The minimum Gasteiger partial charge on any atom is -0.392 e. The molecule has 0 amide bonds. The zero-order chi connectivity index (χ0) is 14.2. The normalized spacial score (nSPS) is 12.1. The summed E-state index contributed by atoms with van der Waals surface area (Å²) in [5.74, 6) is 0. The first kappa shape index (κ1) is 14.6. The maximum Gasteiger partial charge on any atom is 0.0687 e. The third-order valence-electron chi connectivity index (χ3n) is 3.34. The van der Waals surface area contributed by atoms with Crippen molar-refractivity contribution in [3.05, 3.63) is 66.2 Å². The van der Waals surface area contributed by atoms with E-state index in [2.05, 4.69) is 41.3 Å². The Bertz CT molecular complexity index is 481. The zero-order valence-electron chi connectivity index (χ0n) is 12.1. The Labute approximate surface area is 121 Å². The van der Waals surface area contributed by atoms with Crippen LogP contribution in [0.3, 0.4) is 0 Å². The highest BCUT2D eigenvalue weighted by Gasteiger charge is 2.08. The van der Waals surface area contributed by atoms with Gasteiger partial charge < -0.3 is 10.0 Å². The topological polar surface area (TPSA) is 23.5 Å². The molecule has 0 radical (unpaired) electrons. The molecule has 0 spiro atoms. The quantitative estimate of drug-likeness (QED) is 0.831. The van der Waals surface area contributed by atoms with Crippen LogP contribution in [0.25, 0.3) is 0 Å². The Morgan fingerprint density at radius 1 is 0.950 bits per heavy atom. The second-order valence-corrected chi connectivity index (χ2v) is 5.22. The van der Waals surface area contributed by atoms with Gasteiger partial charge in [-0.2, -0.15) is 0 Å². The van der Waals surface area contributed by atoms with E-state index in [-0.39, 0.29) is 6.10 Å². The Morgan fingerprint density at radius 3 is 2.15 bits per heavy atom. The predicted molar refractivity (Wildman–Crippen MR) is 85.1 cm³/mol. The molecule has 0 aliphatic rings. The van der Waals surface area contributed by atoms with Crippen LogP contribution >= 0.6 is 0 Å². The second kappa shape index (κ2) is 7.71. The highest BCUT2D eigenvalue weighted by molar-refractivity contribution is 5.46. The van der Waals surface area contributed by atoms with Gasteiger partial charge in [-0.15, -0.1) is 0 Å². The fourth-order valence-electron chi connectivity index (χ4n) is 2.40. The van der Waals surface area contributed by atoms with Crippen molar-refractivity contribution in [2.45, 2.75) is 25.9 Å². The summed E-state index contributed by atoms with van der Waals surface area (Å²) in [6.45, 7) is 3.48. The molecule has 0 bridgehead atoms. The summed E-state index contributed by atoms with van der Waals surface area (Å²) in [5.41, 5.74) is 2.55. The van der Waals surface area contributed by atoms with Crippen LogP contribution in [-0.2, 0) is 6.42 Å². The van der Waals surface area contributed by atoms with Crippen LogP contribution in [0.1, 0.15) is 18.9 Å². The molecule has 0 fully saturated rings. The molecule has 2 heteroatoms. The predicted octanol–water partition coefficient (Wildman–Crippen LogP) is 3.51. The molecule has 0 aliphatic heterocycles. The molecule has 0 saturated heterocycles. The molecule has 0 aliphatic carbocycles. The summed E-state index contributed by atoms with van der Waals surface area (Å²) in [4.78, 5) is 2.26. The minimum atomic E-state index is -0.313. The number of aryl methyl sites for hydroxylation is 1. The van der Waals surface area contributed by atoms with E-state index in [1.165, 1.54) is 11.3 Å². The molecule has 2 aromatic carbocycles. The Balaban J connectivity index is 1.91. The summed E-state index contributed by atoms with van der Waals surface area (Å²) < 4.78 is 0. The Kier molecular flexibility index (Phi) is 5.63. The first-order valence-corrected chi connectivity index (χ1v) is 7.27. The Hall–Kier alpha value is -1.80. The van der Waals surface area contributed by atoms with Crippen LogP contribution in [0.5, 0.6) is 0 Å².